The summed E-state index contributed by atoms with van der Waals surface area (Å²) in [5.41, 5.74) is 1.06. The minimum Gasteiger partial charge on any atom is -0.379 e. The minimum absolute atomic E-state index is 0.0767. The molecule has 2 heterocycles. The molecule has 2 N–H and O–H groups in total. The third-order valence-corrected chi connectivity index (χ3v) is 4.06. The van der Waals surface area contributed by atoms with Crippen molar-refractivity contribution in [2.75, 3.05) is 18.5 Å². The monoisotopic (exact) mass is 337 g/mol. The highest BCUT2D eigenvalue weighted by molar-refractivity contribution is 5.94. The first-order valence-electron chi connectivity index (χ1n) is 8.10. The van der Waals surface area contributed by atoms with Gasteiger partial charge in [-0.15, -0.1) is 0 Å². The molecule has 7 nitrogen and oxygen atoms in total. The van der Waals surface area contributed by atoms with E-state index in [1.54, 1.807) is 36.5 Å². The van der Waals surface area contributed by atoms with Crippen LogP contribution in [0.5, 0.6) is 0 Å². The van der Waals surface area contributed by atoms with Gasteiger partial charge in [0, 0.05) is 18.4 Å². The predicted octanol–water partition coefficient (Wildman–Crippen LogP) is 1.66. The number of nitrogens with one attached hydrogen (secondary N) is 2. The first-order valence-corrected chi connectivity index (χ1v) is 8.10. The Kier molecular flexibility index (Phi) is 5.21. The predicted molar refractivity (Wildman–Crippen MR) is 92.0 cm³/mol. The molecule has 1 saturated heterocycles. The standard InChI is InChI=1S/C18H19N5O2/c1-12-20-8-6-17(21-12)22-16-11-25-9-7-15(16)23-18(24)14-4-2-13(10-19)3-5-14/h2-6,8,15-16H,7,9,11H2,1H3,(H,23,24)(H,20,21,22)/t15-,16+/m0/s1. The number of aromatic nitrogens is 2. The Hall–Kier alpha value is -2.98. The van der Waals surface area contributed by atoms with Gasteiger partial charge in [0.1, 0.15) is 11.6 Å². The lowest BCUT2D eigenvalue weighted by atomic mass is 10.0. The zero-order chi connectivity index (χ0) is 17.6. The highest BCUT2D eigenvalue weighted by atomic mass is 16.5. The van der Waals surface area contributed by atoms with E-state index in [1.165, 1.54) is 0 Å². The Bertz CT molecular complexity index is 785. The fourth-order valence-electron chi connectivity index (χ4n) is 2.73. The number of rotatable bonds is 4. The van der Waals surface area contributed by atoms with E-state index in [-0.39, 0.29) is 18.0 Å². The molecule has 3 rings (SSSR count). The molecule has 1 fully saturated rings. The van der Waals surface area contributed by atoms with Crippen LogP contribution in [0.4, 0.5) is 5.82 Å². The van der Waals surface area contributed by atoms with Crippen LogP contribution in [0.2, 0.25) is 0 Å². The summed E-state index contributed by atoms with van der Waals surface area (Å²) < 4.78 is 5.54. The summed E-state index contributed by atoms with van der Waals surface area (Å²) in [6, 6.07) is 10.3. The van der Waals surface area contributed by atoms with E-state index < -0.39 is 0 Å². The van der Waals surface area contributed by atoms with E-state index >= 15 is 0 Å². The topological polar surface area (TPSA) is 99.9 Å². The van der Waals surface area contributed by atoms with Crippen LogP contribution in [0.3, 0.4) is 0 Å². The quantitative estimate of drug-likeness (QED) is 0.880. The van der Waals surface area contributed by atoms with Gasteiger partial charge in [0.15, 0.2) is 0 Å². The van der Waals surface area contributed by atoms with Gasteiger partial charge in [0.05, 0.1) is 30.3 Å². The Morgan fingerprint density at radius 1 is 1.28 bits per heavy atom. The largest absolute Gasteiger partial charge is 0.379 e. The SMILES string of the molecule is Cc1nccc(N[C@@H]2COCC[C@@H]2NC(=O)c2ccc(C#N)cc2)n1. The third-order valence-electron chi connectivity index (χ3n) is 4.06. The number of benzene rings is 1. The summed E-state index contributed by atoms with van der Waals surface area (Å²) >= 11 is 0. The molecule has 128 valence electrons. The Balaban J connectivity index is 1.68. The summed E-state index contributed by atoms with van der Waals surface area (Å²) in [5, 5.41) is 15.2. The Labute approximate surface area is 146 Å². The molecule has 0 bridgehead atoms. The number of carbonyl (C=O) groups is 1. The van der Waals surface area contributed by atoms with Crippen LogP contribution in [-0.2, 0) is 4.74 Å². The van der Waals surface area contributed by atoms with Crippen molar-refractivity contribution in [1.82, 2.24) is 15.3 Å². The van der Waals surface area contributed by atoms with Crippen molar-refractivity contribution in [3.63, 3.8) is 0 Å². The van der Waals surface area contributed by atoms with E-state index in [1.807, 2.05) is 13.0 Å². The number of hydrogen-bond acceptors (Lipinski definition) is 6. The van der Waals surface area contributed by atoms with Gasteiger partial charge in [0.2, 0.25) is 0 Å². The fourth-order valence-corrected chi connectivity index (χ4v) is 2.73. The van der Waals surface area contributed by atoms with Gasteiger partial charge in [-0.05, 0) is 43.7 Å². The average Bonchev–Trinajstić information content (AvgIpc) is 2.63. The normalized spacial score (nSPS) is 19.7. The number of carbonyl (C=O) groups excluding carboxylic acids is 1. The summed E-state index contributed by atoms with van der Waals surface area (Å²) in [6.45, 7) is 2.91. The van der Waals surface area contributed by atoms with E-state index in [0.717, 1.165) is 0 Å². The summed E-state index contributed by atoms with van der Waals surface area (Å²) in [7, 11) is 0. The number of nitriles is 1. The van der Waals surface area contributed by atoms with Crippen molar-refractivity contribution in [2.24, 2.45) is 0 Å². The van der Waals surface area contributed by atoms with Crippen LogP contribution in [0.15, 0.2) is 36.5 Å². The van der Waals surface area contributed by atoms with Crippen molar-refractivity contribution in [2.45, 2.75) is 25.4 Å². The van der Waals surface area contributed by atoms with Gasteiger partial charge in [-0.3, -0.25) is 4.79 Å². The number of aryl methyl sites for hydroxylation is 1. The number of anilines is 1. The molecule has 2 atom stereocenters. The summed E-state index contributed by atoms with van der Waals surface area (Å²) in [6.07, 6.45) is 2.41. The average molecular weight is 337 g/mol. The third kappa shape index (κ3) is 4.31. The van der Waals surface area contributed by atoms with Crippen molar-refractivity contribution >= 4 is 11.7 Å². The molecule has 1 aliphatic heterocycles. The fraction of sp³-hybridized carbons (Fsp3) is 0.333. The minimum atomic E-state index is -0.165. The van der Waals surface area contributed by atoms with Crippen LogP contribution in [0.25, 0.3) is 0 Å². The molecule has 0 radical (unpaired) electrons. The summed E-state index contributed by atoms with van der Waals surface area (Å²) in [5.74, 6) is 1.22. The molecule has 2 aromatic rings. The van der Waals surface area contributed by atoms with E-state index in [9.17, 15) is 4.79 Å². The highest BCUT2D eigenvalue weighted by Gasteiger charge is 2.27. The molecule has 25 heavy (non-hydrogen) atoms. The van der Waals surface area contributed by atoms with Crippen LogP contribution >= 0.6 is 0 Å². The molecule has 1 aromatic heterocycles. The van der Waals surface area contributed by atoms with Gasteiger partial charge >= 0.3 is 0 Å². The maximum Gasteiger partial charge on any atom is 0.251 e. The number of nitrogens with zero attached hydrogens (tertiary/aromatic N) is 3. The van der Waals surface area contributed by atoms with Crippen LogP contribution in [0, 0.1) is 18.3 Å². The highest BCUT2D eigenvalue weighted by Crippen LogP contribution is 2.14. The van der Waals surface area contributed by atoms with Gasteiger partial charge in [0.25, 0.3) is 5.91 Å². The molecular weight excluding hydrogens is 318 g/mol. The lowest BCUT2D eigenvalue weighted by Gasteiger charge is -2.33. The van der Waals surface area contributed by atoms with Crippen molar-refractivity contribution in [3.8, 4) is 6.07 Å². The van der Waals surface area contributed by atoms with Gasteiger partial charge < -0.3 is 15.4 Å². The second-order valence-corrected chi connectivity index (χ2v) is 5.87. The molecule has 1 amide bonds. The lowest BCUT2D eigenvalue weighted by Crippen LogP contribution is -2.52. The van der Waals surface area contributed by atoms with Crippen molar-refractivity contribution in [1.29, 1.82) is 5.26 Å². The van der Waals surface area contributed by atoms with Gasteiger partial charge in [-0.2, -0.15) is 5.26 Å². The Morgan fingerprint density at radius 3 is 2.80 bits per heavy atom. The molecule has 0 aliphatic carbocycles. The van der Waals surface area contributed by atoms with E-state index in [0.29, 0.717) is 42.4 Å². The zero-order valence-corrected chi connectivity index (χ0v) is 13.9. The first kappa shape index (κ1) is 16.9. The molecule has 0 spiro atoms. The number of ether oxygens (including phenoxy) is 1. The molecule has 0 saturated carbocycles. The second-order valence-electron chi connectivity index (χ2n) is 5.87. The first-order chi connectivity index (χ1) is 12.2. The molecule has 1 aliphatic rings. The second kappa shape index (κ2) is 7.73. The van der Waals surface area contributed by atoms with Crippen molar-refractivity contribution < 1.29 is 9.53 Å². The molecule has 7 heteroatoms. The van der Waals surface area contributed by atoms with E-state index in [4.69, 9.17) is 10.00 Å². The summed E-state index contributed by atoms with van der Waals surface area (Å²) in [4.78, 5) is 20.9. The van der Waals surface area contributed by atoms with Crippen LogP contribution < -0.4 is 10.6 Å². The number of amides is 1. The van der Waals surface area contributed by atoms with E-state index in [2.05, 4.69) is 20.6 Å². The zero-order valence-electron chi connectivity index (χ0n) is 13.9. The smallest absolute Gasteiger partial charge is 0.251 e. The molecule has 1 aromatic carbocycles. The lowest BCUT2D eigenvalue weighted by molar-refractivity contribution is 0.0620. The number of hydrogen-bond donors (Lipinski definition) is 2. The molecule has 0 unspecified atom stereocenters. The maximum absolute atomic E-state index is 12.5. The Morgan fingerprint density at radius 2 is 2.08 bits per heavy atom. The van der Waals surface area contributed by atoms with Gasteiger partial charge in [-0.1, -0.05) is 0 Å². The van der Waals surface area contributed by atoms with Gasteiger partial charge in [-0.25, -0.2) is 9.97 Å². The van der Waals surface area contributed by atoms with Crippen molar-refractivity contribution in [3.05, 3.63) is 53.5 Å². The maximum atomic E-state index is 12.5. The molecular formula is C18H19N5O2. The van der Waals surface area contributed by atoms with Crippen LogP contribution in [0.1, 0.15) is 28.2 Å². The van der Waals surface area contributed by atoms with Crippen LogP contribution in [-0.4, -0.2) is 41.2 Å².